The first-order valence-corrected chi connectivity index (χ1v) is 22.3. The van der Waals surface area contributed by atoms with Crippen LogP contribution < -0.4 is 0 Å². The van der Waals surface area contributed by atoms with E-state index in [1.807, 2.05) is 12.4 Å². The second kappa shape index (κ2) is 30.3. The lowest BCUT2D eigenvalue weighted by atomic mass is 9.98. The van der Waals surface area contributed by atoms with E-state index in [4.69, 9.17) is 9.47 Å². The van der Waals surface area contributed by atoms with Crippen molar-refractivity contribution in [2.45, 2.75) is 212 Å². The first kappa shape index (κ1) is 44.4. The van der Waals surface area contributed by atoms with Crippen LogP contribution in [0.4, 0.5) is 0 Å². The Hall–Kier alpha value is -2.01. The number of hydrogen-bond donors (Lipinski definition) is 0. The first-order valence-electron chi connectivity index (χ1n) is 22.3. The Labute approximate surface area is 322 Å². The molecule has 2 saturated heterocycles. The second-order valence-electron chi connectivity index (χ2n) is 15.8. The number of ether oxygens (including phenoxy) is 2. The number of fused-ring (bicyclic) bond motifs is 1. The number of unbranched alkanes of at least 4 members (excludes halogenated alkanes) is 18. The van der Waals surface area contributed by atoms with Crippen LogP contribution >= 0.6 is 0 Å². The highest BCUT2D eigenvalue weighted by Gasteiger charge is 2.48. The molecule has 0 aliphatic carbocycles. The standard InChI is InChI=1S/C48H80N2O2/c1-3-5-7-9-11-13-15-17-19-21-23-25-27-29-31-33-38-48(39-34-32-30-28-26-24-22-20-18-16-14-12-10-8-6-4-2)51-46-37-42-50(44-47(46)52-48)43-45-35-40-49-41-36-45/h11-14,17-20,35-36,40-41,46-47H,3-10,15-16,21-34,37-39,42-44H2,1-2H3. The summed E-state index contributed by atoms with van der Waals surface area (Å²) in [5.41, 5.74) is 1.33. The van der Waals surface area contributed by atoms with Crippen LogP contribution in [0.25, 0.3) is 0 Å². The van der Waals surface area contributed by atoms with E-state index in [0.29, 0.717) is 0 Å². The third-order valence-corrected chi connectivity index (χ3v) is 11.0. The Morgan fingerprint density at radius 3 is 1.52 bits per heavy atom. The second-order valence-corrected chi connectivity index (χ2v) is 15.8. The maximum absolute atomic E-state index is 6.97. The fraction of sp³-hybridized carbons (Fsp3) is 0.729. The van der Waals surface area contributed by atoms with Crippen molar-refractivity contribution in [3.63, 3.8) is 0 Å². The normalized spacial score (nSPS) is 21.1. The molecule has 4 heteroatoms. The van der Waals surface area contributed by atoms with E-state index in [0.717, 1.165) is 51.7 Å². The Kier molecular flexibility index (Phi) is 25.9. The molecule has 2 aliphatic heterocycles. The molecule has 0 bridgehead atoms. The number of aromatic nitrogens is 1. The van der Waals surface area contributed by atoms with Crippen molar-refractivity contribution < 1.29 is 9.47 Å². The SMILES string of the molecule is CCCCCC=CCC=CCCCCCCCCC1(CCCCCCCCC=CCC=CCCCCC)OC2CCN(Cc3ccncc3)CC2O1. The molecule has 2 fully saturated rings. The van der Waals surface area contributed by atoms with E-state index in [-0.39, 0.29) is 18.0 Å². The number of piperidine rings is 1. The molecule has 3 rings (SSSR count). The van der Waals surface area contributed by atoms with Gasteiger partial charge in [-0.1, -0.05) is 140 Å². The lowest BCUT2D eigenvalue weighted by Gasteiger charge is -2.32. The van der Waals surface area contributed by atoms with E-state index in [2.05, 4.69) is 84.5 Å². The van der Waals surface area contributed by atoms with Crippen molar-refractivity contribution >= 4 is 0 Å². The van der Waals surface area contributed by atoms with Gasteiger partial charge in [0.05, 0.1) is 12.2 Å². The number of hydrogen-bond acceptors (Lipinski definition) is 4. The Balaban J connectivity index is 1.31. The predicted molar refractivity (Wildman–Crippen MR) is 225 cm³/mol. The smallest absolute Gasteiger partial charge is 0.169 e. The summed E-state index contributed by atoms with van der Waals surface area (Å²) in [6.07, 6.45) is 57.1. The summed E-state index contributed by atoms with van der Waals surface area (Å²) in [5, 5.41) is 0. The number of nitrogens with zero attached hydrogens (tertiary/aromatic N) is 2. The molecular weight excluding hydrogens is 637 g/mol. The van der Waals surface area contributed by atoms with E-state index in [1.165, 1.54) is 147 Å². The molecule has 52 heavy (non-hydrogen) atoms. The molecule has 2 unspecified atom stereocenters. The van der Waals surface area contributed by atoms with Gasteiger partial charge in [-0.25, -0.2) is 0 Å². The fourth-order valence-corrected chi connectivity index (χ4v) is 7.80. The Morgan fingerprint density at radius 2 is 1.02 bits per heavy atom. The Morgan fingerprint density at radius 1 is 0.577 bits per heavy atom. The quantitative estimate of drug-likeness (QED) is 0.0549. The van der Waals surface area contributed by atoms with Gasteiger partial charge in [0.1, 0.15) is 0 Å². The molecule has 1 aromatic rings. The summed E-state index contributed by atoms with van der Waals surface area (Å²) in [6, 6.07) is 4.28. The molecule has 4 nitrogen and oxygen atoms in total. The molecule has 3 heterocycles. The molecule has 1 aromatic heterocycles. The van der Waals surface area contributed by atoms with Gasteiger partial charge in [-0.3, -0.25) is 9.88 Å². The third kappa shape index (κ3) is 21.0. The molecule has 2 atom stereocenters. The summed E-state index contributed by atoms with van der Waals surface area (Å²) in [6.45, 7) is 7.57. The summed E-state index contributed by atoms with van der Waals surface area (Å²) < 4.78 is 13.9. The van der Waals surface area contributed by atoms with Gasteiger partial charge in [0.25, 0.3) is 0 Å². The highest BCUT2D eigenvalue weighted by atomic mass is 16.8. The van der Waals surface area contributed by atoms with E-state index in [1.54, 1.807) is 0 Å². The highest BCUT2D eigenvalue weighted by Crippen LogP contribution is 2.41. The number of rotatable bonds is 32. The largest absolute Gasteiger partial charge is 0.344 e. The highest BCUT2D eigenvalue weighted by molar-refractivity contribution is 5.10. The molecule has 294 valence electrons. The van der Waals surface area contributed by atoms with Crippen LogP contribution in [0.3, 0.4) is 0 Å². The van der Waals surface area contributed by atoms with Crippen LogP contribution in [0.2, 0.25) is 0 Å². The predicted octanol–water partition coefficient (Wildman–Crippen LogP) is 14.2. The summed E-state index contributed by atoms with van der Waals surface area (Å²) in [4.78, 5) is 6.75. The zero-order chi connectivity index (χ0) is 36.6. The minimum Gasteiger partial charge on any atom is -0.344 e. The third-order valence-electron chi connectivity index (χ3n) is 11.0. The lowest BCUT2D eigenvalue weighted by Crippen LogP contribution is -2.44. The van der Waals surface area contributed by atoms with Crippen LogP contribution in [-0.4, -0.2) is 41.0 Å². The maximum Gasteiger partial charge on any atom is 0.169 e. The number of allylic oxidation sites excluding steroid dienone is 8. The van der Waals surface area contributed by atoms with Gasteiger partial charge in [0, 0.05) is 44.9 Å². The Bertz CT molecular complexity index is 1030. The van der Waals surface area contributed by atoms with E-state index >= 15 is 0 Å². The van der Waals surface area contributed by atoms with Gasteiger partial charge < -0.3 is 9.47 Å². The van der Waals surface area contributed by atoms with Gasteiger partial charge in [-0.2, -0.15) is 0 Å². The van der Waals surface area contributed by atoms with Gasteiger partial charge in [0.2, 0.25) is 0 Å². The average molecular weight is 717 g/mol. The summed E-state index contributed by atoms with van der Waals surface area (Å²) >= 11 is 0. The zero-order valence-corrected chi connectivity index (χ0v) is 34.0. The monoisotopic (exact) mass is 717 g/mol. The molecule has 0 spiro atoms. The molecular formula is C48H80N2O2. The van der Waals surface area contributed by atoms with E-state index < -0.39 is 0 Å². The van der Waals surface area contributed by atoms with Crippen molar-refractivity contribution in [3.05, 3.63) is 78.7 Å². The molecule has 0 radical (unpaired) electrons. The van der Waals surface area contributed by atoms with Crippen LogP contribution in [0.5, 0.6) is 0 Å². The summed E-state index contributed by atoms with van der Waals surface area (Å²) in [5.74, 6) is -0.369. The van der Waals surface area contributed by atoms with Crippen molar-refractivity contribution in [1.29, 1.82) is 0 Å². The van der Waals surface area contributed by atoms with Crippen LogP contribution in [0.15, 0.2) is 73.1 Å². The zero-order valence-electron chi connectivity index (χ0n) is 34.0. The number of likely N-dealkylation sites (tertiary alicyclic amines) is 1. The average Bonchev–Trinajstić information content (AvgIpc) is 3.52. The van der Waals surface area contributed by atoms with Crippen molar-refractivity contribution in [3.8, 4) is 0 Å². The molecule has 2 aliphatic rings. The maximum atomic E-state index is 6.97. The number of pyridine rings is 1. The van der Waals surface area contributed by atoms with Crippen LogP contribution in [-0.2, 0) is 16.0 Å². The minimum absolute atomic E-state index is 0.199. The van der Waals surface area contributed by atoms with Crippen LogP contribution in [0, 0.1) is 0 Å². The van der Waals surface area contributed by atoms with Crippen LogP contribution in [0.1, 0.15) is 193 Å². The summed E-state index contributed by atoms with van der Waals surface area (Å²) in [7, 11) is 0. The minimum atomic E-state index is -0.369. The molecule has 0 N–H and O–H groups in total. The van der Waals surface area contributed by atoms with Gasteiger partial charge in [0.15, 0.2) is 5.79 Å². The fourth-order valence-electron chi connectivity index (χ4n) is 7.80. The van der Waals surface area contributed by atoms with Crippen molar-refractivity contribution in [2.75, 3.05) is 13.1 Å². The molecule has 0 amide bonds. The van der Waals surface area contributed by atoms with Gasteiger partial charge in [-0.05, 0) is 101 Å². The topological polar surface area (TPSA) is 34.6 Å². The molecule has 0 aromatic carbocycles. The first-order chi connectivity index (χ1) is 25.7. The lowest BCUT2D eigenvalue weighted by molar-refractivity contribution is -0.185. The van der Waals surface area contributed by atoms with Crippen molar-refractivity contribution in [2.24, 2.45) is 0 Å². The van der Waals surface area contributed by atoms with Gasteiger partial charge in [-0.15, -0.1) is 0 Å². The van der Waals surface area contributed by atoms with Crippen molar-refractivity contribution in [1.82, 2.24) is 9.88 Å². The van der Waals surface area contributed by atoms with Gasteiger partial charge >= 0.3 is 0 Å². The molecule has 0 saturated carbocycles. The van der Waals surface area contributed by atoms with E-state index in [9.17, 15) is 0 Å².